The van der Waals surface area contributed by atoms with Gasteiger partial charge < -0.3 is 19.9 Å². The summed E-state index contributed by atoms with van der Waals surface area (Å²) in [6.07, 6.45) is 1.04. The second-order valence-corrected chi connectivity index (χ2v) is 4.61. The Morgan fingerprint density at radius 1 is 1.30 bits per heavy atom. The van der Waals surface area contributed by atoms with E-state index in [2.05, 4.69) is 10.1 Å². The van der Waals surface area contributed by atoms with Crippen LogP contribution < -0.4 is 0 Å². The highest BCUT2D eigenvalue weighted by Gasteiger charge is 2.08. The lowest BCUT2D eigenvalue weighted by molar-refractivity contribution is -0.706. The lowest BCUT2D eigenvalue weighted by atomic mass is 10.2. The van der Waals surface area contributed by atoms with E-state index in [-0.39, 0.29) is 11.4 Å². The first-order valence-corrected chi connectivity index (χ1v) is 6.96. The van der Waals surface area contributed by atoms with Gasteiger partial charge in [0, 0.05) is 6.42 Å². The third-order valence-electron chi connectivity index (χ3n) is 2.79. The van der Waals surface area contributed by atoms with Crippen LogP contribution in [0.5, 0.6) is 0 Å². The van der Waals surface area contributed by atoms with Crippen molar-refractivity contribution in [2.45, 2.75) is 19.3 Å². The Morgan fingerprint density at radius 2 is 2.00 bits per heavy atom. The number of aliphatic carboxylic acids is 1. The van der Waals surface area contributed by atoms with Gasteiger partial charge in [0.05, 0.1) is 24.1 Å². The molecule has 9 heteroatoms. The van der Waals surface area contributed by atoms with Crippen molar-refractivity contribution >= 4 is 11.9 Å². The van der Waals surface area contributed by atoms with Gasteiger partial charge in [-0.25, -0.2) is 4.79 Å². The third-order valence-corrected chi connectivity index (χ3v) is 2.79. The number of hydrogen-bond donors (Lipinski definition) is 1. The van der Waals surface area contributed by atoms with Crippen LogP contribution in [0.1, 0.15) is 29.6 Å². The highest BCUT2D eigenvalue weighted by molar-refractivity contribution is 5.89. The van der Waals surface area contributed by atoms with Gasteiger partial charge in [-0.15, -0.1) is 5.01 Å². The molecule has 23 heavy (non-hydrogen) atoms. The number of rotatable bonds is 10. The van der Waals surface area contributed by atoms with E-state index < -0.39 is 18.7 Å². The molecule has 1 aromatic carbocycles. The molecule has 1 aromatic rings. The molecular formula is C14H19N3O6. The summed E-state index contributed by atoms with van der Waals surface area (Å²) in [6.45, 7) is -0.160. The number of ether oxygens (including phenoxy) is 1. The van der Waals surface area contributed by atoms with Gasteiger partial charge in [-0.2, -0.15) is 0 Å². The van der Waals surface area contributed by atoms with Crippen LogP contribution in [0.4, 0.5) is 0 Å². The molecule has 0 spiro atoms. The molecule has 0 saturated heterocycles. The van der Waals surface area contributed by atoms with Crippen LogP contribution in [0.3, 0.4) is 0 Å². The van der Waals surface area contributed by atoms with Gasteiger partial charge in [-0.3, -0.25) is 4.79 Å². The highest BCUT2D eigenvalue weighted by atomic mass is 16.8. The molecule has 0 unspecified atom stereocenters. The molecule has 0 bridgehead atoms. The Hall–Kier alpha value is -2.84. The topological polar surface area (TPSA) is 114 Å². The number of esters is 1. The Bertz CT molecular complexity index is 535. The first-order valence-electron chi connectivity index (χ1n) is 6.96. The van der Waals surface area contributed by atoms with Crippen LogP contribution in [0.2, 0.25) is 0 Å². The number of carboxylic acids is 1. The molecule has 0 amide bonds. The van der Waals surface area contributed by atoms with Crippen molar-refractivity contribution in [3.63, 3.8) is 0 Å². The zero-order valence-electron chi connectivity index (χ0n) is 12.8. The molecule has 0 aliphatic rings. The molecule has 1 N–H and O–H groups in total. The Kier molecular flexibility index (Phi) is 7.90. The molecule has 0 aliphatic heterocycles. The molecule has 0 fully saturated rings. The zero-order chi connectivity index (χ0) is 17.1. The number of carbonyl (C=O) groups excluding carboxylic acids is 1. The first kappa shape index (κ1) is 18.2. The average molecular weight is 325 g/mol. The zero-order valence-corrected chi connectivity index (χ0v) is 12.8. The lowest BCUT2D eigenvalue weighted by Crippen LogP contribution is -2.27. The minimum Gasteiger partial charge on any atom is -0.569 e. The van der Waals surface area contributed by atoms with Gasteiger partial charge in [-0.1, -0.05) is 18.2 Å². The van der Waals surface area contributed by atoms with E-state index in [9.17, 15) is 14.8 Å². The van der Waals surface area contributed by atoms with Gasteiger partial charge in [0.2, 0.25) is 5.28 Å². The van der Waals surface area contributed by atoms with Crippen LogP contribution in [0.25, 0.3) is 0 Å². The van der Waals surface area contributed by atoms with Crippen molar-refractivity contribution in [1.82, 2.24) is 5.01 Å². The van der Waals surface area contributed by atoms with Gasteiger partial charge in [0.25, 0.3) is 6.79 Å². The van der Waals surface area contributed by atoms with Crippen LogP contribution in [-0.2, 0) is 14.4 Å². The van der Waals surface area contributed by atoms with Crippen molar-refractivity contribution in [3.05, 3.63) is 41.1 Å². The lowest BCUT2D eigenvalue weighted by Gasteiger charge is -2.12. The molecular weight excluding hydrogens is 306 g/mol. The minimum atomic E-state index is -0.875. The summed E-state index contributed by atoms with van der Waals surface area (Å²) < 4.78 is 4.78. The monoisotopic (exact) mass is 325 g/mol. The fourth-order valence-corrected chi connectivity index (χ4v) is 1.58. The summed E-state index contributed by atoms with van der Waals surface area (Å²) in [6, 6.07) is 8.33. The molecule has 126 valence electrons. The van der Waals surface area contributed by atoms with Crippen LogP contribution in [-0.4, -0.2) is 47.4 Å². The van der Waals surface area contributed by atoms with Gasteiger partial charge in [0.1, 0.15) is 0 Å². The predicted octanol–water partition coefficient (Wildman–Crippen LogP) is 1.80. The summed E-state index contributed by atoms with van der Waals surface area (Å²) in [4.78, 5) is 26.7. The summed E-state index contributed by atoms with van der Waals surface area (Å²) in [5.74, 6) is -1.46. The molecule has 9 nitrogen and oxygen atoms in total. The molecule has 0 atom stereocenters. The van der Waals surface area contributed by atoms with E-state index in [1.807, 2.05) is 0 Å². The number of hydrogen-bond acceptors (Lipinski definition) is 6. The smallest absolute Gasteiger partial charge is 0.341 e. The number of unbranched alkanes of at least 4 members (excludes halogenated alkanes) is 1. The molecule has 1 rings (SSSR count). The predicted molar refractivity (Wildman–Crippen MR) is 78.0 cm³/mol. The number of carboxylic acid groups (broad SMARTS) is 1. The average Bonchev–Trinajstić information content (AvgIpc) is 2.55. The number of benzene rings is 1. The SMILES string of the molecule is CN(CCCCC(=O)O)[N+]([O-])=NOCOC(=O)c1ccccc1. The quantitative estimate of drug-likeness (QED) is 0.174. The second kappa shape index (κ2) is 9.98. The number of carbonyl (C=O) groups is 2. The maximum Gasteiger partial charge on any atom is 0.341 e. The van der Waals surface area contributed by atoms with Crippen molar-refractivity contribution in [3.8, 4) is 0 Å². The minimum absolute atomic E-state index is 0.0514. The normalized spacial score (nSPS) is 10.9. The maximum absolute atomic E-state index is 11.6. The standard InChI is InChI=1S/C14H19N3O6/c1-16(10-6-5-9-13(18)19)17(21)15-23-11-22-14(20)12-7-3-2-4-8-12/h2-4,7-8H,5-6,9-11H2,1H3,(H,18,19). The van der Waals surface area contributed by atoms with E-state index in [0.29, 0.717) is 24.9 Å². The first-order chi connectivity index (χ1) is 11.0. The second-order valence-electron chi connectivity index (χ2n) is 4.61. The summed E-state index contributed by atoms with van der Waals surface area (Å²) >= 11 is 0. The molecule has 0 aromatic heterocycles. The molecule has 0 saturated carbocycles. The molecule has 0 radical (unpaired) electrons. The maximum atomic E-state index is 11.6. The largest absolute Gasteiger partial charge is 0.569 e. The number of hydrazine groups is 1. The van der Waals surface area contributed by atoms with Crippen molar-refractivity contribution in [1.29, 1.82) is 0 Å². The summed E-state index contributed by atoms with van der Waals surface area (Å²) in [7, 11) is 1.48. The van der Waals surface area contributed by atoms with Crippen LogP contribution >= 0.6 is 0 Å². The third kappa shape index (κ3) is 7.65. The fraction of sp³-hybridized carbons (Fsp3) is 0.429. The van der Waals surface area contributed by atoms with E-state index in [4.69, 9.17) is 9.84 Å². The molecule has 0 heterocycles. The fourth-order valence-electron chi connectivity index (χ4n) is 1.58. The van der Waals surface area contributed by atoms with Crippen molar-refractivity contribution < 1.29 is 29.2 Å². The Labute approximate surface area is 133 Å². The van der Waals surface area contributed by atoms with E-state index in [0.717, 1.165) is 0 Å². The van der Waals surface area contributed by atoms with Crippen LogP contribution in [0, 0.1) is 5.21 Å². The van der Waals surface area contributed by atoms with Gasteiger partial charge >= 0.3 is 11.9 Å². The Balaban J connectivity index is 2.22. The molecule has 0 aliphatic carbocycles. The van der Waals surface area contributed by atoms with E-state index >= 15 is 0 Å². The van der Waals surface area contributed by atoms with Gasteiger partial charge in [-0.05, 0) is 25.0 Å². The highest BCUT2D eigenvalue weighted by Crippen LogP contribution is 2.01. The van der Waals surface area contributed by atoms with Crippen molar-refractivity contribution in [2.75, 3.05) is 20.4 Å². The van der Waals surface area contributed by atoms with Crippen LogP contribution in [0.15, 0.2) is 35.6 Å². The van der Waals surface area contributed by atoms with Crippen molar-refractivity contribution in [2.24, 2.45) is 5.28 Å². The Morgan fingerprint density at radius 3 is 2.65 bits per heavy atom. The van der Waals surface area contributed by atoms with E-state index in [1.54, 1.807) is 30.3 Å². The summed E-state index contributed by atoms with van der Waals surface area (Å²) in [5, 5.41) is 24.4. The van der Waals surface area contributed by atoms with E-state index in [1.165, 1.54) is 12.1 Å². The number of nitrogens with zero attached hydrogens (tertiary/aromatic N) is 3. The summed E-state index contributed by atoms with van der Waals surface area (Å²) in [5.41, 5.74) is 0.366. The van der Waals surface area contributed by atoms with Gasteiger partial charge in [0.15, 0.2) is 0 Å².